The molecular formula is C13H17NO5. The highest BCUT2D eigenvalue weighted by atomic mass is 16.5. The minimum Gasteiger partial charge on any atom is -0.497 e. The Balaban J connectivity index is 3.43. The predicted molar refractivity (Wildman–Crippen MR) is 68.4 cm³/mol. The van der Waals surface area contributed by atoms with Gasteiger partial charge in [-0.2, -0.15) is 0 Å². The maximum atomic E-state index is 11.5. The van der Waals surface area contributed by atoms with E-state index in [9.17, 15) is 14.7 Å². The summed E-state index contributed by atoms with van der Waals surface area (Å²) in [6.07, 6.45) is 0. The molecule has 1 amide bonds. The zero-order chi connectivity index (χ0) is 14.6. The monoisotopic (exact) mass is 267 g/mol. The molecule has 1 aromatic rings. The van der Waals surface area contributed by atoms with Crippen LogP contribution < -0.4 is 14.8 Å². The van der Waals surface area contributed by atoms with Crippen molar-refractivity contribution in [2.75, 3.05) is 14.2 Å². The first kappa shape index (κ1) is 14.8. The van der Waals surface area contributed by atoms with Crippen molar-refractivity contribution >= 4 is 11.9 Å². The summed E-state index contributed by atoms with van der Waals surface area (Å²) < 4.78 is 10.2. The van der Waals surface area contributed by atoms with Gasteiger partial charge in [0.1, 0.15) is 11.5 Å². The third-order valence-corrected chi connectivity index (χ3v) is 2.80. The van der Waals surface area contributed by atoms with Crippen LogP contribution in [0.15, 0.2) is 18.2 Å². The van der Waals surface area contributed by atoms with Gasteiger partial charge in [0.25, 0.3) is 0 Å². The third kappa shape index (κ3) is 2.96. The largest absolute Gasteiger partial charge is 0.497 e. The van der Waals surface area contributed by atoms with Gasteiger partial charge in [-0.1, -0.05) is 0 Å². The van der Waals surface area contributed by atoms with E-state index in [4.69, 9.17) is 9.47 Å². The summed E-state index contributed by atoms with van der Waals surface area (Å²) in [6, 6.07) is 4.78. The van der Waals surface area contributed by atoms with E-state index >= 15 is 0 Å². The summed E-state index contributed by atoms with van der Waals surface area (Å²) in [4.78, 5) is 22.8. The van der Waals surface area contributed by atoms with Crippen LogP contribution in [0.4, 0.5) is 0 Å². The van der Waals surface area contributed by atoms with Crippen molar-refractivity contribution in [2.45, 2.75) is 19.4 Å². The number of nitrogens with one attached hydrogen (secondary N) is 1. The van der Waals surface area contributed by atoms with Crippen LogP contribution in [0.3, 0.4) is 0 Å². The van der Waals surface area contributed by atoms with Crippen molar-refractivity contribution in [2.24, 2.45) is 0 Å². The van der Waals surface area contributed by atoms with Crippen LogP contribution >= 0.6 is 0 Å². The molecule has 1 unspecified atom stereocenters. The maximum absolute atomic E-state index is 11.5. The highest BCUT2D eigenvalue weighted by Crippen LogP contribution is 2.33. The Morgan fingerprint density at radius 3 is 2.32 bits per heavy atom. The molecule has 6 nitrogen and oxygen atoms in total. The van der Waals surface area contributed by atoms with Crippen molar-refractivity contribution in [3.8, 4) is 11.5 Å². The predicted octanol–water partition coefficient (Wildman–Crippen LogP) is 1.14. The van der Waals surface area contributed by atoms with Crippen molar-refractivity contribution in [3.05, 3.63) is 23.8 Å². The molecule has 1 rings (SSSR count). The molecular weight excluding hydrogens is 250 g/mol. The maximum Gasteiger partial charge on any atom is 0.333 e. The standard InChI is InChI=1S/C13H17NO5/c1-8(15)14-13(2,12(16)17)10-7-9(18-3)5-6-11(10)19-4/h5-7H,1-4H3,(H,14,15)(H,16,17). The van der Waals surface area contributed by atoms with Gasteiger partial charge in [-0.3, -0.25) is 4.79 Å². The van der Waals surface area contributed by atoms with Gasteiger partial charge in [0.15, 0.2) is 5.54 Å². The first-order valence-corrected chi connectivity index (χ1v) is 5.59. The highest BCUT2D eigenvalue weighted by molar-refractivity contribution is 5.87. The molecule has 0 heterocycles. The summed E-state index contributed by atoms with van der Waals surface area (Å²) in [5.74, 6) is -0.794. The van der Waals surface area contributed by atoms with Crippen LogP contribution in [0.1, 0.15) is 19.4 Å². The number of methoxy groups -OCH3 is 2. The van der Waals surface area contributed by atoms with E-state index in [-0.39, 0.29) is 0 Å². The Bertz CT molecular complexity index is 500. The number of aliphatic carboxylic acids is 1. The van der Waals surface area contributed by atoms with Gasteiger partial charge < -0.3 is 19.9 Å². The lowest BCUT2D eigenvalue weighted by Gasteiger charge is -2.28. The van der Waals surface area contributed by atoms with E-state index in [1.807, 2.05) is 0 Å². The molecule has 0 aliphatic carbocycles. The van der Waals surface area contributed by atoms with Gasteiger partial charge in [0, 0.05) is 12.5 Å². The molecule has 0 spiro atoms. The number of carbonyl (C=O) groups is 2. The number of ether oxygens (including phenoxy) is 2. The second-order valence-electron chi connectivity index (χ2n) is 4.18. The van der Waals surface area contributed by atoms with E-state index in [1.165, 1.54) is 34.1 Å². The average Bonchev–Trinajstić information content (AvgIpc) is 2.36. The SMILES string of the molecule is COc1ccc(OC)c(C(C)(NC(C)=O)C(=O)O)c1. The van der Waals surface area contributed by atoms with Crippen LogP contribution in [-0.2, 0) is 15.1 Å². The number of amides is 1. The lowest BCUT2D eigenvalue weighted by molar-refractivity contribution is -0.147. The Labute approximate surface area is 111 Å². The van der Waals surface area contributed by atoms with Crippen molar-refractivity contribution < 1.29 is 24.2 Å². The number of benzene rings is 1. The molecule has 6 heteroatoms. The first-order chi connectivity index (χ1) is 8.85. The van der Waals surface area contributed by atoms with Gasteiger partial charge >= 0.3 is 5.97 Å². The summed E-state index contributed by atoms with van der Waals surface area (Å²) in [7, 11) is 2.91. The Morgan fingerprint density at radius 2 is 1.89 bits per heavy atom. The molecule has 2 N–H and O–H groups in total. The molecule has 0 saturated heterocycles. The van der Waals surface area contributed by atoms with Crippen LogP contribution in [0.25, 0.3) is 0 Å². The Kier molecular flexibility index (Phi) is 4.37. The van der Waals surface area contributed by atoms with Gasteiger partial charge in [0.05, 0.1) is 14.2 Å². The quantitative estimate of drug-likeness (QED) is 0.835. The third-order valence-electron chi connectivity index (χ3n) is 2.80. The molecule has 0 radical (unpaired) electrons. The van der Waals surface area contributed by atoms with Gasteiger partial charge in [-0.05, 0) is 25.1 Å². The fraction of sp³-hybridized carbons (Fsp3) is 0.385. The summed E-state index contributed by atoms with van der Waals surface area (Å²) >= 11 is 0. The molecule has 0 aliphatic rings. The van der Waals surface area contributed by atoms with E-state index in [0.717, 1.165) is 0 Å². The summed E-state index contributed by atoms with van der Waals surface area (Å²) in [5, 5.41) is 11.8. The lowest BCUT2D eigenvalue weighted by Crippen LogP contribution is -2.49. The van der Waals surface area contributed by atoms with E-state index in [2.05, 4.69) is 5.32 Å². The number of carboxylic acid groups (broad SMARTS) is 1. The number of hydrogen-bond donors (Lipinski definition) is 2. The van der Waals surface area contributed by atoms with Gasteiger partial charge in [-0.15, -0.1) is 0 Å². The summed E-state index contributed by atoms with van der Waals surface area (Å²) in [5.41, 5.74) is -1.27. The van der Waals surface area contributed by atoms with E-state index < -0.39 is 17.4 Å². The number of carbonyl (C=O) groups excluding carboxylic acids is 1. The number of rotatable bonds is 5. The van der Waals surface area contributed by atoms with Crippen LogP contribution in [0, 0.1) is 0 Å². The average molecular weight is 267 g/mol. The normalized spacial score (nSPS) is 13.3. The second-order valence-corrected chi connectivity index (χ2v) is 4.18. The molecule has 1 aromatic carbocycles. The molecule has 19 heavy (non-hydrogen) atoms. The second kappa shape index (κ2) is 5.60. The first-order valence-electron chi connectivity index (χ1n) is 5.59. The minimum absolute atomic E-state index is 0.317. The number of hydrogen-bond acceptors (Lipinski definition) is 4. The van der Waals surface area contributed by atoms with Crippen molar-refractivity contribution in [1.82, 2.24) is 5.32 Å². The lowest BCUT2D eigenvalue weighted by atomic mass is 9.90. The molecule has 0 aliphatic heterocycles. The fourth-order valence-electron chi connectivity index (χ4n) is 1.79. The minimum atomic E-state index is -1.59. The van der Waals surface area contributed by atoms with Crippen molar-refractivity contribution in [1.29, 1.82) is 0 Å². The molecule has 104 valence electrons. The van der Waals surface area contributed by atoms with E-state index in [0.29, 0.717) is 17.1 Å². The fourth-order valence-corrected chi connectivity index (χ4v) is 1.79. The van der Waals surface area contributed by atoms with Crippen LogP contribution in [-0.4, -0.2) is 31.2 Å². The molecule has 0 bridgehead atoms. The Hall–Kier alpha value is -2.24. The topological polar surface area (TPSA) is 84.9 Å². The Morgan fingerprint density at radius 1 is 1.26 bits per heavy atom. The van der Waals surface area contributed by atoms with Crippen LogP contribution in [0.2, 0.25) is 0 Å². The van der Waals surface area contributed by atoms with E-state index in [1.54, 1.807) is 12.1 Å². The highest BCUT2D eigenvalue weighted by Gasteiger charge is 2.39. The molecule has 1 atom stereocenters. The summed E-state index contributed by atoms with van der Waals surface area (Å²) in [6.45, 7) is 2.65. The van der Waals surface area contributed by atoms with Gasteiger partial charge in [0.2, 0.25) is 5.91 Å². The van der Waals surface area contributed by atoms with Crippen molar-refractivity contribution in [3.63, 3.8) is 0 Å². The zero-order valence-corrected chi connectivity index (χ0v) is 11.3. The molecule has 0 saturated carbocycles. The van der Waals surface area contributed by atoms with Gasteiger partial charge in [-0.25, -0.2) is 4.79 Å². The smallest absolute Gasteiger partial charge is 0.333 e. The number of carboxylic acids is 1. The van der Waals surface area contributed by atoms with Crippen LogP contribution in [0.5, 0.6) is 11.5 Å². The molecule has 0 aromatic heterocycles. The molecule has 0 fully saturated rings. The zero-order valence-electron chi connectivity index (χ0n) is 11.3.